The first-order valence-electron chi connectivity index (χ1n) is 8.06. The van der Waals surface area contributed by atoms with Crippen molar-refractivity contribution in [1.82, 2.24) is 10.3 Å². The SMILES string of the molecule is CC(CCc1ccccc1)NC1CCCc2cccnc21. The average Bonchev–Trinajstić information content (AvgIpc) is 2.54. The summed E-state index contributed by atoms with van der Waals surface area (Å²) in [6.07, 6.45) is 7.88. The van der Waals surface area contributed by atoms with E-state index in [2.05, 4.69) is 59.7 Å². The van der Waals surface area contributed by atoms with Crippen molar-refractivity contribution < 1.29 is 0 Å². The number of benzene rings is 1. The van der Waals surface area contributed by atoms with E-state index in [-0.39, 0.29) is 0 Å². The van der Waals surface area contributed by atoms with Crippen LogP contribution in [-0.2, 0) is 12.8 Å². The largest absolute Gasteiger partial charge is 0.306 e. The van der Waals surface area contributed by atoms with E-state index in [1.54, 1.807) is 0 Å². The first-order valence-corrected chi connectivity index (χ1v) is 8.06. The van der Waals surface area contributed by atoms with Gasteiger partial charge in [0.25, 0.3) is 0 Å². The van der Waals surface area contributed by atoms with Gasteiger partial charge in [-0.1, -0.05) is 36.4 Å². The lowest BCUT2D eigenvalue weighted by molar-refractivity contribution is 0.388. The van der Waals surface area contributed by atoms with Crippen LogP contribution in [0.15, 0.2) is 48.7 Å². The highest BCUT2D eigenvalue weighted by Gasteiger charge is 2.22. The molecule has 2 nitrogen and oxygen atoms in total. The third kappa shape index (κ3) is 3.70. The Morgan fingerprint density at radius 3 is 2.90 bits per heavy atom. The number of fused-ring (bicyclic) bond motifs is 1. The van der Waals surface area contributed by atoms with Gasteiger partial charge >= 0.3 is 0 Å². The van der Waals surface area contributed by atoms with Crippen LogP contribution in [0.1, 0.15) is 49.0 Å². The van der Waals surface area contributed by atoms with E-state index in [4.69, 9.17) is 0 Å². The van der Waals surface area contributed by atoms with Crippen LogP contribution in [0.4, 0.5) is 0 Å². The van der Waals surface area contributed by atoms with Gasteiger partial charge in [-0.3, -0.25) is 4.98 Å². The van der Waals surface area contributed by atoms with Crippen molar-refractivity contribution in [2.24, 2.45) is 0 Å². The van der Waals surface area contributed by atoms with E-state index in [0.717, 1.165) is 6.42 Å². The molecule has 2 atom stereocenters. The van der Waals surface area contributed by atoms with E-state index in [9.17, 15) is 0 Å². The molecule has 1 aliphatic carbocycles. The highest BCUT2D eigenvalue weighted by atomic mass is 15.0. The van der Waals surface area contributed by atoms with Crippen LogP contribution in [0.5, 0.6) is 0 Å². The molecule has 1 heterocycles. The lowest BCUT2D eigenvalue weighted by Crippen LogP contribution is -2.33. The Balaban J connectivity index is 1.57. The Hall–Kier alpha value is -1.67. The van der Waals surface area contributed by atoms with Gasteiger partial charge in [-0.2, -0.15) is 0 Å². The molecule has 2 heteroatoms. The fraction of sp³-hybridized carbons (Fsp3) is 0.421. The van der Waals surface area contributed by atoms with E-state index in [1.165, 1.54) is 42.5 Å². The Labute approximate surface area is 127 Å². The highest BCUT2D eigenvalue weighted by molar-refractivity contribution is 5.25. The average molecular weight is 280 g/mol. The van der Waals surface area contributed by atoms with Crippen molar-refractivity contribution in [2.75, 3.05) is 0 Å². The predicted octanol–water partition coefficient (Wildman–Crippen LogP) is 4.07. The molecule has 2 unspecified atom stereocenters. The fourth-order valence-electron chi connectivity index (χ4n) is 3.23. The van der Waals surface area contributed by atoms with Gasteiger partial charge in [0.15, 0.2) is 0 Å². The Kier molecular flexibility index (Phi) is 4.66. The predicted molar refractivity (Wildman–Crippen MR) is 87.3 cm³/mol. The summed E-state index contributed by atoms with van der Waals surface area (Å²) in [5.74, 6) is 0. The summed E-state index contributed by atoms with van der Waals surface area (Å²) in [7, 11) is 0. The molecule has 0 fully saturated rings. The lowest BCUT2D eigenvalue weighted by Gasteiger charge is -2.28. The van der Waals surface area contributed by atoms with Crippen LogP contribution in [0.3, 0.4) is 0 Å². The molecule has 0 bridgehead atoms. The molecule has 1 aliphatic rings. The maximum Gasteiger partial charge on any atom is 0.0605 e. The zero-order chi connectivity index (χ0) is 14.5. The van der Waals surface area contributed by atoms with Crippen LogP contribution in [0.25, 0.3) is 0 Å². The molecule has 3 rings (SSSR count). The molecule has 2 aromatic rings. The van der Waals surface area contributed by atoms with Crippen molar-refractivity contribution in [3.63, 3.8) is 0 Å². The maximum atomic E-state index is 4.61. The molecule has 110 valence electrons. The highest BCUT2D eigenvalue weighted by Crippen LogP contribution is 2.28. The molecule has 1 N–H and O–H groups in total. The number of aromatic nitrogens is 1. The van der Waals surface area contributed by atoms with E-state index in [0.29, 0.717) is 12.1 Å². The Bertz CT molecular complexity index is 565. The maximum absolute atomic E-state index is 4.61. The summed E-state index contributed by atoms with van der Waals surface area (Å²) in [5.41, 5.74) is 4.13. The smallest absolute Gasteiger partial charge is 0.0605 e. The molecule has 0 spiro atoms. The van der Waals surface area contributed by atoms with Crippen LogP contribution in [0, 0.1) is 0 Å². The molecule has 0 radical (unpaired) electrons. The minimum atomic E-state index is 0.431. The van der Waals surface area contributed by atoms with Crippen molar-refractivity contribution in [2.45, 2.75) is 51.1 Å². The number of rotatable bonds is 5. The molecular weight excluding hydrogens is 256 g/mol. The molecule has 0 amide bonds. The summed E-state index contributed by atoms with van der Waals surface area (Å²) in [5, 5.41) is 3.78. The number of pyridine rings is 1. The molecule has 1 aromatic heterocycles. The van der Waals surface area contributed by atoms with Crippen molar-refractivity contribution in [3.8, 4) is 0 Å². The third-order valence-electron chi connectivity index (χ3n) is 4.39. The summed E-state index contributed by atoms with van der Waals surface area (Å²) >= 11 is 0. The topological polar surface area (TPSA) is 24.9 Å². The summed E-state index contributed by atoms with van der Waals surface area (Å²) < 4.78 is 0. The quantitative estimate of drug-likeness (QED) is 0.893. The minimum absolute atomic E-state index is 0.431. The van der Waals surface area contributed by atoms with E-state index < -0.39 is 0 Å². The molecule has 0 saturated heterocycles. The van der Waals surface area contributed by atoms with Gasteiger partial charge < -0.3 is 5.32 Å². The Morgan fingerprint density at radius 1 is 1.19 bits per heavy atom. The molecule has 21 heavy (non-hydrogen) atoms. The summed E-state index contributed by atoms with van der Waals surface area (Å²) in [4.78, 5) is 4.61. The van der Waals surface area contributed by atoms with Crippen LogP contribution >= 0.6 is 0 Å². The first kappa shape index (κ1) is 14.3. The number of hydrogen-bond donors (Lipinski definition) is 1. The zero-order valence-electron chi connectivity index (χ0n) is 12.8. The van der Waals surface area contributed by atoms with Gasteiger partial charge in [0.1, 0.15) is 0 Å². The molecule has 1 aromatic carbocycles. The second-order valence-corrected chi connectivity index (χ2v) is 6.08. The van der Waals surface area contributed by atoms with Crippen molar-refractivity contribution >= 4 is 0 Å². The van der Waals surface area contributed by atoms with Gasteiger partial charge in [-0.25, -0.2) is 0 Å². The number of hydrogen-bond acceptors (Lipinski definition) is 2. The molecular formula is C19H24N2. The monoisotopic (exact) mass is 280 g/mol. The van der Waals surface area contributed by atoms with Gasteiger partial charge in [0, 0.05) is 18.3 Å². The second kappa shape index (κ2) is 6.86. The van der Waals surface area contributed by atoms with Gasteiger partial charge in [-0.15, -0.1) is 0 Å². The van der Waals surface area contributed by atoms with E-state index >= 15 is 0 Å². The first-order chi connectivity index (χ1) is 10.3. The third-order valence-corrected chi connectivity index (χ3v) is 4.39. The second-order valence-electron chi connectivity index (χ2n) is 6.08. The van der Waals surface area contributed by atoms with E-state index in [1.807, 2.05) is 6.20 Å². The zero-order valence-corrected chi connectivity index (χ0v) is 12.8. The van der Waals surface area contributed by atoms with Crippen LogP contribution in [-0.4, -0.2) is 11.0 Å². The van der Waals surface area contributed by atoms with Crippen LogP contribution < -0.4 is 5.32 Å². The van der Waals surface area contributed by atoms with Crippen molar-refractivity contribution in [1.29, 1.82) is 0 Å². The number of aryl methyl sites for hydroxylation is 2. The molecule has 0 aliphatic heterocycles. The van der Waals surface area contributed by atoms with Gasteiger partial charge in [-0.05, 0) is 56.2 Å². The summed E-state index contributed by atoms with van der Waals surface area (Å²) in [6.45, 7) is 2.29. The number of nitrogens with zero attached hydrogens (tertiary/aromatic N) is 1. The van der Waals surface area contributed by atoms with Crippen molar-refractivity contribution in [3.05, 3.63) is 65.5 Å². The minimum Gasteiger partial charge on any atom is -0.306 e. The molecule has 0 saturated carbocycles. The van der Waals surface area contributed by atoms with Crippen LogP contribution in [0.2, 0.25) is 0 Å². The standard InChI is InChI=1S/C19H24N2/c1-15(12-13-16-7-3-2-4-8-16)21-18-11-5-9-17-10-6-14-20-19(17)18/h2-4,6-8,10,14-15,18,21H,5,9,11-13H2,1H3. The summed E-state index contributed by atoms with van der Waals surface area (Å²) in [6, 6.07) is 16.0. The van der Waals surface area contributed by atoms with Gasteiger partial charge in [0.2, 0.25) is 0 Å². The lowest BCUT2D eigenvalue weighted by atomic mass is 9.91. The fourth-order valence-corrected chi connectivity index (χ4v) is 3.23. The Morgan fingerprint density at radius 2 is 2.05 bits per heavy atom. The number of nitrogens with one attached hydrogen (secondary N) is 1. The normalized spacial score (nSPS) is 19.0. The van der Waals surface area contributed by atoms with Gasteiger partial charge in [0.05, 0.1) is 5.69 Å².